The van der Waals surface area contributed by atoms with Crippen molar-refractivity contribution in [1.29, 1.82) is 0 Å². The summed E-state index contributed by atoms with van der Waals surface area (Å²) in [6, 6.07) is 7.07. The molecule has 1 saturated heterocycles. The average molecular weight is 233 g/mol. The first-order valence-corrected chi connectivity index (χ1v) is 5.54. The summed E-state index contributed by atoms with van der Waals surface area (Å²) in [5.41, 5.74) is 1.47. The first kappa shape index (κ1) is 11.6. The molecule has 3 N–H and O–H groups in total. The topological polar surface area (TPSA) is 70.2 Å². The number of amides is 2. The SMILES string of the molecule is CC(=O)Nc1ccc(NC(=O)C2CNC2)cc1. The average Bonchev–Trinajstić information content (AvgIpc) is 2.17. The predicted octanol–water partition coefficient (Wildman–Crippen LogP) is 0.803. The number of carbonyl (C=O) groups excluding carboxylic acids is 2. The maximum atomic E-state index is 11.6. The van der Waals surface area contributed by atoms with E-state index in [1.165, 1.54) is 6.92 Å². The summed E-state index contributed by atoms with van der Waals surface area (Å²) in [5.74, 6) is 0.00313. The molecular weight excluding hydrogens is 218 g/mol. The predicted molar refractivity (Wildman–Crippen MR) is 65.7 cm³/mol. The summed E-state index contributed by atoms with van der Waals surface area (Å²) in [6.07, 6.45) is 0. The Morgan fingerprint density at radius 2 is 1.65 bits per heavy atom. The van der Waals surface area contributed by atoms with Gasteiger partial charge in [0.15, 0.2) is 0 Å². The highest BCUT2D eigenvalue weighted by Crippen LogP contribution is 2.15. The van der Waals surface area contributed by atoms with Gasteiger partial charge in [-0.2, -0.15) is 0 Å². The summed E-state index contributed by atoms with van der Waals surface area (Å²) in [7, 11) is 0. The number of carbonyl (C=O) groups is 2. The zero-order valence-corrected chi connectivity index (χ0v) is 9.62. The van der Waals surface area contributed by atoms with Crippen molar-refractivity contribution in [3.05, 3.63) is 24.3 Å². The van der Waals surface area contributed by atoms with Crippen LogP contribution in [-0.2, 0) is 9.59 Å². The van der Waals surface area contributed by atoms with Crippen LogP contribution in [0.4, 0.5) is 11.4 Å². The summed E-state index contributed by atoms with van der Waals surface area (Å²) in [6.45, 7) is 2.95. The maximum Gasteiger partial charge on any atom is 0.230 e. The minimum absolute atomic E-state index is 0.0380. The number of anilines is 2. The maximum absolute atomic E-state index is 11.6. The van der Waals surface area contributed by atoms with Crippen LogP contribution in [-0.4, -0.2) is 24.9 Å². The minimum Gasteiger partial charge on any atom is -0.326 e. The molecule has 90 valence electrons. The Labute approximate surface area is 99.6 Å². The van der Waals surface area contributed by atoms with E-state index in [9.17, 15) is 9.59 Å². The van der Waals surface area contributed by atoms with Crippen molar-refractivity contribution in [3.63, 3.8) is 0 Å². The van der Waals surface area contributed by atoms with E-state index in [2.05, 4.69) is 16.0 Å². The van der Waals surface area contributed by atoms with Gasteiger partial charge in [-0.1, -0.05) is 0 Å². The molecule has 1 aromatic carbocycles. The minimum atomic E-state index is -0.109. The quantitative estimate of drug-likeness (QED) is 0.723. The third kappa shape index (κ3) is 3.04. The molecule has 2 rings (SSSR count). The molecule has 17 heavy (non-hydrogen) atoms. The molecule has 0 atom stereocenters. The van der Waals surface area contributed by atoms with Crippen LogP contribution in [0.2, 0.25) is 0 Å². The fourth-order valence-corrected chi connectivity index (χ4v) is 1.56. The second-order valence-electron chi connectivity index (χ2n) is 4.10. The second kappa shape index (κ2) is 4.97. The highest BCUT2D eigenvalue weighted by atomic mass is 16.2. The van der Waals surface area contributed by atoms with Crippen LogP contribution >= 0.6 is 0 Å². The van der Waals surface area contributed by atoms with Crippen molar-refractivity contribution >= 4 is 23.2 Å². The van der Waals surface area contributed by atoms with Gasteiger partial charge in [0.05, 0.1) is 5.92 Å². The van der Waals surface area contributed by atoms with E-state index >= 15 is 0 Å². The fourth-order valence-electron chi connectivity index (χ4n) is 1.56. The molecule has 5 heteroatoms. The number of nitrogens with one attached hydrogen (secondary N) is 3. The van der Waals surface area contributed by atoms with Gasteiger partial charge in [0, 0.05) is 31.4 Å². The Kier molecular flexibility index (Phi) is 3.39. The molecule has 5 nitrogen and oxygen atoms in total. The van der Waals surface area contributed by atoms with Crippen LogP contribution in [0.25, 0.3) is 0 Å². The Balaban J connectivity index is 1.93. The number of benzene rings is 1. The zero-order valence-electron chi connectivity index (χ0n) is 9.62. The van der Waals surface area contributed by atoms with Gasteiger partial charge >= 0.3 is 0 Å². The monoisotopic (exact) mass is 233 g/mol. The van der Waals surface area contributed by atoms with Crippen LogP contribution < -0.4 is 16.0 Å². The van der Waals surface area contributed by atoms with Crippen molar-refractivity contribution in [3.8, 4) is 0 Å². The molecular formula is C12H15N3O2. The molecule has 1 aliphatic heterocycles. The van der Waals surface area contributed by atoms with E-state index in [1.807, 2.05) is 0 Å². The molecule has 1 aromatic rings. The summed E-state index contributed by atoms with van der Waals surface area (Å²) < 4.78 is 0. The lowest BCUT2D eigenvalue weighted by atomic mass is 10.0. The first-order chi connectivity index (χ1) is 8.15. The highest BCUT2D eigenvalue weighted by molar-refractivity contribution is 5.94. The van der Waals surface area contributed by atoms with Gasteiger partial charge in [-0.05, 0) is 24.3 Å². The molecule has 0 saturated carbocycles. The van der Waals surface area contributed by atoms with Gasteiger partial charge in [-0.3, -0.25) is 9.59 Å². The highest BCUT2D eigenvalue weighted by Gasteiger charge is 2.24. The molecule has 0 aliphatic carbocycles. The summed E-state index contributed by atoms with van der Waals surface area (Å²) in [5, 5.41) is 8.55. The molecule has 0 spiro atoms. The molecule has 2 amide bonds. The van der Waals surface area contributed by atoms with Crippen LogP contribution in [0.5, 0.6) is 0 Å². The third-order valence-electron chi connectivity index (χ3n) is 2.63. The van der Waals surface area contributed by atoms with Crippen molar-refractivity contribution in [2.45, 2.75) is 6.92 Å². The number of hydrogen-bond acceptors (Lipinski definition) is 3. The normalized spacial score (nSPS) is 14.9. The van der Waals surface area contributed by atoms with Gasteiger partial charge < -0.3 is 16.0 Å². The molecule has 1 heterocycles. The molecule has 0 radical (unpaired) electrons. The Bertz CT molecular complexity index is 424. The second-order valence-corrected chi connectivity index (χ2v) is 4.10. The van der Waals surface area contributed by atoms with Crippen LogP contribution in [0.1, 0.15) is 6.92 Å². The third-order valence-corrected chi connectivity index (χ3v) is 2.63. The zero-order chi connectivity index (χ0) is 12.3. The van der Waals surface area contributed by atoms with Crippen LogP contribution in [0, 0.1) is 5.92 Å². The lowest BCUT2D eigenvalue weighted by molar-refractivity contribution is -0.121. The molecule has 1 aliphatic rings. The van der Waals surface area contributed by atoms with Gasteiger partial charge in [0.2, 0.25) is 11.8 Å². The van der Waals surface area contributed by atoms with E-state index in [0.29, 0.717) is 0 Å². The lowest BCUT2D eigenvalue weighted by Crippen LogP contribution is -2.48. The van der Waals surface area contributed by atoms with Gasteiger partial charge in [-0.15, -0.1) is 0 Å². The van der Waals surface area contributed by atoms with Crippen LogP contribution in [0.3, 0.4) is 0 Å². The lowest BCUT2D eigenvalue weighted by Gasteiger charge is -2.25. The smallest absolute Gasteiger partial charge is 0.230 e. The molecule has 0 bridgehead atoms. The summed E-state index contributed by atoms with van der Waals surface area (Å²) >= 11 is 0. The van der Waals surface area contributed by atoms with Crippen molar-refractivity contribution in [2.75, 3.05) is 23.7 Å². The first-order valence-electron chi connectivity index (χ1n) is 5.54. The molecule has 0 unspecified atom stereocenters. The Morgan fingerprint density at radius 3 is 2.06 bits per heavy atom. The Hall–Kier alpha value is -1.88. The number of rotatable bonds is 3. The number of hydrogen-bond donors (Lipinski definition) is 3. The van der Waals surface area contributed by atoms with E-state index in [-0.39, 0.29) is 17.7 Å². The Morgan fingerprint density at radius 1 is 1.12 bits per heavy atom. The van der Waals surface area contributed by atoms with Gasteiger partial charge in [0.25, 0.3) is 0 Å². The van der Waals surface area contributed by atoms with Crippen molar-refractivity contribution in [2.24, 2.45) is 5.92 Å². The largest absolute Gasteiger partial charge is 0.326 e. The van der Waals surface area contributed by atoms with Crippen LogP contribution in [0.15, 0.2) is 24.3 Å². The van der Waals surface area contributed by atoms with Crippen molar-refractivity contribution in [1.82, 2.24) is 5.32 Å². The van der Waals surface area contributed by atoms with Gasteiger partial charge in [0.1, 0.15) is 0 Å². The van der Waals surface area contributed by atoms with E-state index in [0.717, 1.165) is 24.5 Å². The van der Waals surface area contributed by atoms with E-state index < -0.39 is 0 Å². The molecule has 0 aromatic heterocycles. The van der Waals surface area contributed by atoms with Gasteiger partial charge in [-0.25, -0.2) is 0 Å². The molecule has 1 fully saturated rings. The van der Waals surface area contributed by atoms with E-state index in [1.54, 1.807) is 24.3 Å². The van der Waals surface area contributed by atoms with E-state index in [4.69, 9.17) is 0 Å². The summed E-state index contributed by atoms with van der Waals surface area (Å²) in [4.78, 5) is 22.5. The fraction of sp³-hybridized carbons (Fsp3) is 0.333. The van der Waals surface area contributed by atoms with Crippen molar-refractivity contribution < 1.29 is 9.59 Å². The standard InChI is InChI=1S/C12H15N3O2/c1-8(16)14-10-2-4-11(5-3-10)15-12(17)9-6-13-7-9/h2-5,9,13H,6-7H2,1H3,(H,14,16)(H,15,17).